The summed E-state index contributed by atoms with van der Waals surface area (Å²) in [4.78, 5) is 34.6. The molecule has 2 N–H and O–H groups in total. The quantitative estimate of drug-likeness (QED) is 0.760. The molecule has 1 aromatic rings. The highest BCUT2D eigenvalue weighted by Gasteiger charge is 2.25. The zero-order valence-electron chi connectivity index (χ0n) is 14.7. The van der Waals surface area contributed by atoms with Gasteiger partial charge in [-0.05, 0) is 46.8 Å². The van der Waals surface area contributed by atoms with Gasteiger partial charge in [-0.25, -0.2) is 17.9 Å². The van der Waals surface area contributed by atoms with Crippen LogP contribution in [-0.2, 0) is 19.6 Å². The lowest BCUT2D eigenvalue weighted by Gasteiger charge is -2.21. The maximum Gasteiger partial charge on any atom is 0.408 e. The average molecular weight is 370 g/mol. The number of Topliss-reactive ketones (excluding diaryl/α,β-unsaturated/α-hetero) is 1. The lowest BCUT2D eigenvalue weighted by Crippen LogP contribution is -2.47. The zero-order valence-corrected chi connectivity index (χ0v) is 15.6. The molecule has 0 saturated carbocycles. The first-order valence-corrected chi connectivity index (χ1v) is 8.97. The van der Waals surface area contributed by atoms with Crippen LogP contribution in [0.2, 0.25) is 0 Å². The number of sulfonamides is 1. The van der Waals surface area contributed by atoms with Gasteiger partial charge in [-0.15, -0.1) is 0 Å². The van der Waals surface area contributed by atoms with Crippen molar-refractivity contribution in [1.82, 2.24) is 10.0 Å². The van der Waals surface area contributed by atoms with Gasteiger partial charge in [0.05, 0.1) is 4.90 Å². The number of carbonyl (C=O) groups excluding carboxylic acids is 3. The van der Waals surface area contributed by atoms with Gasteiger partial charge in [-0.1, -0.05) is 12.1 Å². The summed E-state index contributed by atoms with van der Waals surface area (Å²) in [5.41, 5.74) is -0.393. The van der Waals surface area contributed by atoms with E-state index in [1.165, 1.54) is 38.1 Å². The number of alkyl carbamates (subject to hydrolysis) is 1. The summed E-state index contributed by atoms with van der Waals surface area (Å²) in [5.74, 6) is -1.12. The van der Waals surface area contributed by atoms with Gasteiger partial charge in [0, 0.05) is 5.56 Å². The Balaban J connectivity index is 2.77. The standard InChI is InChI=1S/C16H22N2O6S/c1-10(17-15(21)24-16(3,4)5)14(20)18-25(22,23)13-8-6-12(7-9-13)11(2)19/h6-10H,1-5H3,(H,17,21)(H,18,20). The van der Waals surface area contributed by atoms with Gasteiger partial charge in [0.15, 0.2) is 5.78 Å². The van der Waals surface area contributed by atoms with Crippen LogP contribution in [0.25, 0.3) is 0 Å². The van der Waals surface area contributed by atoms with Crippen molar-refractivity contribution in [3.63, 3.8) is 0 Å². The van der Waals surface area contributed by atoms with Crippen LogP contribution in [0.1, 0.15) is 45.0 Å². The van der Waals surface area contributed by atoms with Gasteiger partial charge in [0.2, 0.25) is 0 Å². The molecule has 0 spiro atoms. The van der Waals surface area contributed by atoms with Crippen molar-refractivity contribution in [2.24, 2.45) is 0 Å². The minimum atomic E-state index is -4.12. The van der Waals surface area contributed by atoms with E-state index in [9.17, 15) is 22.8 Å². The molecular weight excluding hydrogens is 348 g/mol. The number of hydrogen-bond acceptors (Lipinski definition) is 6. The SMILES string of the molecule is CC(=O)c1ccc(S(=O)(=O)NC(=O)C(C)NC(=O)OC(C)(C)C)cc1. The van der Waals surface area contributed by atoms with E-state index in [-0.39, 0.29) is 10.7 Å². The Morgan fingerprint density at radius 2 is 1.60 bits per heavy atom. The first-order valence-electron chi connectivity index (χ1n) is 7.49. The topological polar surface area (TPSA) is 119 Å². The van der Waals surface area contributed by atoms with Crippen molar-refractivity contribution in [3.05, 3.63) is 29.8 Å². The van der Waals surface area contributed by atoms with E-state index in [1.807, 2.05) is 4.72 Å². The van der Waals surface area contributed by atoms with Crippen LogP contribution in [0.3, 0.4) is 0 Å². The minimum absolute atomic E-state index is 0.171. The molecule has 1 atom stereocenters. The summed E-state index contributed by atoms with van der Waals surface area (Å²) in [6, 6.07) is 4.02. The number of hydrogen-bond donors (Lipinski definition) is 2. The molecule has 25 heavy (non-hydrogen) atoms. The molecule has 1 aromatic carbocycles. The van der Waals surface area contributed by atoms with Crippen molar-refractivity contribution in [2.45, 2.75) is 51.2 Å². The van der Waals surface area contributed by atoms with Crippen LogP contribution in [0, 0.1) is 0 Å². The number of ketones is 1. The average Bonchev–Trinajstić information content (AvgIpc) is 2.44. The molecule has 0 saturated heterocycles. The molecule has 2 amide bonds. The van der Waals surface area contributed by atoms with E-state index < -0.39 is 33.7 Å². The van der Waals surface area contributed by atoms with Gasteiger partial charge in [-0.3, -0.25) is 9.59 Å². The van der Waals surface area contributed by atoms with E-state index >= 15 is 0 Å². The first kappa shape index (κ1) is 20.6. The fourth-order valence-corrected chi connectivity index (χ4v) is 2.75. The summed E-state index contributed by atoms with van der Waals surface area (Å²) in [6.45, 7) is 7.66. The van der Waals surface area contributed by atoms with Crippen molar-refractivity contribution in [3.8, 4) is 0 Å². The van der Waals surface area contributed by atoms with Crippen molar-refractivity contribution in [2.75, 3.05) is 0 Å². The van der Waals surface area contributed by atoms with Crippen molar-refractivity contribution >= 4 is 27.8 Å². The third-order valence-electron chi connectivity index (χ3n) is 2.93. The molecule has 0 heterocycles. The molecule has 0 aliphatic heterocycles. The van der Waals surface area contributed by atoms with Crippen LogP contribution in [0.15, 0.2) is 29.2 Å². The predicted molar refractivity (Wildman–Crippen MR) is 90.6 cm³/mol. The molecule has 0 aliphatic rings. The fraction of sp³-hybridized carbons (Fsp3) is 0.438. The lowest BCUT2D eigenvalue weighted by atomic mass is 10.2. The van der Waals surface area contributed by atoms with Crippen LogP contribution in [0.4, 0.5) is 4.79 Å². The fourth-order valence-electron chi connectivity index (χ4n) is 1.70. The van der Waals surface area contributed by atoms with Gasteiger partial charge in [0.1, 0.15) is 11.6 Å². The molecule has 0 bridgehead atoms. The predicted octanol–water partition coefficient (Wildman–Crippen LogP) is 1.61. The first-order chi connectivity index (χ1) is 11.3. The van der Waals surface area contributed by atoms with Crippen molar-refractivity contribution < 1.29 is 27.5 Å². The molecule has 138 valence electrons. The largest absolute Gasteiger partial charge is 0.444 e. The third kappa shape index (κ3) is 6.54. The third-order valence-corrected chi connectivity index (χ3v) is 4.30. The van der Waals surface area contributed by atoms with Gasteiger partial charge < -0.3 is 10.1 Å². The molecule has 1 unspecified atom stereocenters. The summed E-state index contributed by atoms with van der Waals surface area (Å²) >= 11 is 0. The Morgan fingerprint density at radius 3 is 2.04 bits per heavy atom. The molecule has 0 aliphatic carbocycles. The monoisotopic (exact) mass is 370 g/mol. The Labute approximate surface area is 147 Å². The Kier molecular flexibility index (Phi) is 6.31. The second kappa shape index (κ2) is 7.64. The smallest absolute Gasteiger partial charge is 0.408 e. The summed E-state index contributed by atoms with van der Waals surface area (Å²) in [5, 5.41) is 2.25. The van der Waals surface area contributed by atoms with Crippen LogP contribution < -0.4 is 10.0 Å². The van der Waals surface area contributed by atoms with E-state index in [0.29, 0.717) is 5.56 Å². The summed E-state index contributed by atoms with van der Waals surface area (Å²) in [7, 11) is -4.12. The van der Waals surface area contributed by atoms with E-state index in [0.717, 1.165) is 0 Å². The number of benzene rings is 1. The second-order valence-corrected chi connectivity index (χ2v) is 8.10. The van der Waals surface area contributed by atoms with Gasteiger partial charge in [0.25, 0.3) is 15.9 Å². The molecule has 9 heteroatoms. The van der Waals surface area contributed by atoms with Crippen LogP contribution in [-0.4, -0.2) is 37.8 Å². The Bertz CT molecular complexity index is 763. The highest BCUT2D eigenvalue weighted by molar-refractivity contribution is 7.90. The molecule has 8 nitrogen and oxygen atoms in total. The summed E-state index contributed by atoms with van der Waals surface area (Å²) < 4.78 is 31.2. The highest BCUT2D eigenvalue weighted by atomic mass is 32.2. The molecule has 1 rings (SSSR count). The van der Waals surface area contributed by atoms with E-state index in [4.69, 9.17) is 4.74 Å². The highest BCUT2D eigenvalue weighted by Crippen LogP contribution is 2.11. The number of carbonyl (C=O) groups is 3. The van der Waals surface area contributed by atoms with E-state index in [2.05, 4.69) is 5.32 Å². The molecule has 0 aromatic heterocycles. The van der Waals surface area contributed by atoms with Crippen LogP contribution >= 0.6 is 0 Å². The van der Waals surface area contributed by atoms with Crippen LogP contribution in [0.5, 0.6) is 0 Å². The lowest BCUT2D eigenvalue weighted by molar-refractivity contribution is -0.121. The second-order valence-electron chi connectivity index (χ2n) is 6.42. The molecule has 0 radical (unpaired) electrons. The Morgan fingerprint density at radius 1 is 1.08 bits per heavy atom. The Hall–Kier alpha value is -2.42. The van der Waals surface area contributed by atoms with E-state index in [1.54, 1.807) is 20.8 Å². The van der Waals surface area contributed by atoms with Gasteiger partial charge >= 0.3 is 6.09 Å². The number of amides is 2. The minimum Gasteiger partial charge on any atom is -0.444 e. The maximum atomic E-state index is 12.2. The number of ether oxygens (including phenoxy) is 1. The molecular formula is C16H22N2O6S. The molecule has 0 fully saturated rings. The zero-order chi connectivity index (χ0) is 19.4. The number of rotatable bonds is 5. The van der Waals surface area contributed by atoms with Gasteiger partial charge in [-0.2, -0.15) is 0 Å². The van der Waals surface area contributed by atoms with Crippen molar-refractivity contribution in [1.29, 1.82) is 0 Å². The summed E-state index contributed by atoms with van der Waals surface area (Å²) in [6.07, 6.45) is -0.835. The normalized spacial score (nSPS) is 12.8. The maximum absolute atomic E-state index is 12.2. The number of nitrogens with one attached hydrogen (secondary N) is 2.